The lowest BCUT2D eigenvalue weighted by atomic mass is 10.1. The van der Waals surface area contributed by atoms with E-state index >= 15 is 0 Å². The number of hydrogen-bond acceptors (Lipinski definition) is 2. The van der Waals surface area contributed by atoms with E-state index in [1.165, 1.54) is 11.3 Å². The second-order valence-corrected chi connectivity index (χ2v) is 4.44. The fourth-order valence-corrected chi connectivity index (χ4v) is 1.85. The van der Waals surface area contributed by atoms with Gasteiger partial charge >= 0.3 is 0 Å². The summed E-state index contributed by atoms with van der Waals surface area (Å²) < 4.78 is 0. The van der Waals surface area contributed by atoms with Gasteiger partial charge in [-0.25, -0.2) is 0 Å². The first-order valence-electron chi connectivity index (χ1n) is 5.74. The fourth-order valence-electron chi connectivity index (χ4n) is 1.85. The first-order valence-corrected chi connectivity index (χ1v) is 5.74. The maximum atomic E-state index is 5.83. The molecular weight excluding hydrogens is 208 g/mol. The molecular formula is C15H18N2. The van der Waals surface area contributed by atoms with Crippen LogP contribution in [0, 0.1) is 13.8 Å². The Morgan fingerprint density at radius 3 is 2.29 bits per heavy atom. The van der Waals surface area contributed by atoms with Crippen LogP contribution in [0.15, 0.2) is 42.5 Å². The van der Waals surface area contributed by atoms with Gasteiger partial charge in [-0.1, -0.05) is 12.1 Å². The molecule has 0 radical (unpaired) electrons. The van der Waals surface area contributed by atoms with Crippen molar-refractivity contribution in [1.82, 2.24) is 0 Å². The minimum Gasteiger partial charge on any atom is -0.399 e. The molecule has 0 heterocycles. The van der Waals surface area contributed by atoms with Gasteiger partial charge in [0, 0.05) is 24.1 Å². The minimum atomic E-state index is 0.839. The monoisotopic (exact) mass is 226 g/mol. The Balaban J connectivity index is 2.36. The molecule has 2 nitrogen and oxygen atoms in total. The van der Waals surface area contributed by atoms with Crippen molar-refractivity contribution in [2.45, 2.75) is 13.8 Å². The molecule has 2 N–H and O–H groups in total. The molecule has 88 valence electrons. The van der Waals surface area contributed by atoms with Crippen LogP contribution in [0.1, 0.15) is 11.1 Å². The Kier molecular flexibility index (Phi) is 3.05. The van der Waals surface area contributed by atoms with Crippen molar-refractivity contribution in [2.75, 3.05) is 17.7 Å². The van der Waals surface area contributed by atoms with E-state index < -0.39 is 0 Å². The summed E-state index contributed by atoms with van der Waals surface area (Å²) in [5.74, 6) is 0. The normalized spacial score (nSPS) is 10.3. The van der Waals surface area contributed by atoms with E-state index in [-0.39, 0.29) is 0 Å². The third-order valence-electron chi connectivity index (χ3n) is 3.03. The van der Waals surface area contributed by atoms with Crippen LogP contribution in [0.5, 0.6) is 0 Å². The van der Waals surface area contributed by atoms with Crippen LogP contribution < -0.4 is 10.6 Å². The standard InChI is InChI=1S/C15H18N2/c1-11-5-4-6-13(9-11)17(3)14-7-8-15(16)12(2)10-14/h4-10H,16H2,1-3H3. The molecule has 0 spiro atoms. The first kappa shape index (κ1) is 11.5. The predicted octanol–water partition coefficient (Wildman–Crippen LogP) is 3.65. The van der Waals surface area contributed by atoms with Crippen molar-refractivity contribution in [3.63, 3.8) is 0 Å². The van der Waals surface area contributed by atoms with Gasteiger partial charge in [-0.3, -0.25) is 0 Å². The lowest BCUT2D eigenvalue weighted by Crippen LogP contribution is -2.09. The summed E-state index contributed by atoms with van der Waals surface area (Å²) in [5.41, 5.74) is 11.4. The smallest absolute Gasteiger partial charge is 0.0412 e. The fraction of sp³-hybridized carbons (Fsp3) is 0.200. The van der Waals surface area contributed by atoms with Gasteiger partial charge in [0.15, 0.2) is 0 Å². The Bertz CT molecular complexity index is 532. The zero-order valence-corrected chi connectivity index (χ0v) is 10.6. The van der Waals surface area contributed by atoms with Gasteiger partial charge in [-0.05, 0) is 55.3 Å². The van der Waals surface area contributed by atoms with Crippen LogP contribution >= 0.6 is 0 Å². The maximum Gasteiger partial charge on any atom is 0.0412 e. The Morgan fingerprint density at radius 1 is 0.941 bits per heavy atom. The third-order valence-corrected chi connectivity index (χ3v) is 3.03. The second kappa shape index (κ2) is 4.50. The number of benzene rings is 2. The number of hydrogen-bond donors (Lipinski definition) is 1. The number of nitrogen functional groups attached to an aromatic ring is 1. The zero-order chi connectivity index (χ0) is 12.4. The molecule has 2 heteroatoms. The number of rotatable bonds is 2. The molecule has 0 aromatic heterocycles. The van der Waals surface area contributed by atoms with Gasteiger partial charge in [0.25, 0.3) is 0 Å². The van der Waals surface area contributed by atoms with Crippen molar-refractivity contribution in [3.8, 4) is 0 Å². The van der Waals surface area contributed by atoms with Gasteiger partial charge < -0.3 is 10.6 Å². The Hall–Kier alpha value is -1.96. The van der Waals surface area contributed by atoms with Crippen LogP contribution in [-0.2, 0) is 0 Å². The third kappa shape index (κ3) is 2.41. The molecule has 2 aromatic rings. The van der Waals surface area contributed by atoms with Crippen LogP contribution in [0.25, 0.3) is 0 Å². The highest BCUT2D eigenvalue weighted by Crippen LogP contribution is 2.26. The van der Waals surface area contributed by atoms with Crippen molar-refractivity contribution in [2.24, 2.45) is 0 Å². The number of aryl methyl sites for hydroxylation is 2. The molecule has 17 heavy (non-hydrogen) atoms. The summed E-state index contributed by atoms with van der Waals surface area (Å²) in [7, 11) is 2.07. The Labute approximate surface area is 103 Å². The molecule has 0 atom stereocenters. The summed E-state index contributed by atoms with van der Waals surface area (Å²) in [4.78, 5) is 2.17. The van der Waals surface area contributed by atoms with E-state index in [1.54, 1.807) is 0 Å². The lowest BCUT2D eigenvalue weighted by Gasteiger charge is -2.20. The summed E-state index contributed by atoms with van der Waals surface area (Å²) >= 11 is 0. The average molecular weight is 226 g/mol. The summed E-state index contributed by atoms with van der Waals surface area (Å²) in [6.07, 6.45) is 0. The van der Waals surface area contributed by atoms with E-state index in [0.29, 0.717) is 0 Å². The van der Waals surface area contributed by atoms with E-state index in [2.05, 4.69) is 49.2 Å². The van der Waals surface area contributed by atoms with E-state index in [9.17, 15) is 0 Å². The van der Waals surface area contributed by atoms with Crippen LogP contribution in [0.2, 0.25) is 0 Å². The predicted molar refractivity (Wildman–Crippen MR) is 74.8 cm³/mol. The summed E-state index contributed by atoms with van der Waals surface area (Å²) in [6, 6.07) is 14.6. The molecule has 0 fully saturated rings. The molecule has 0 aliphatic rings. The second-order valence-electron chi connectivity index (χ2n) is 4.44. The molecule has 0 bridgehead atoms. The molecule has 0 amide bonds. The highest BCUT2D eigenvalue weighted by molar-refractivity contribution is 5.66. The van der Waals surface area contributed by atoms with Crippen molar-refractivity contribution < 1.29 is 0 Å². The van der Waals surface area contributed by atoms with Gasteiger partial charge in [0.1, 0.15) is 0 Å². The number of anilines is 3. The van der Waals surface area contributed by atoms with E-state index in [0.717, 1.165) is 16.9 Å². The number of nitrogens with two attached hydrogens (primary N) is 1. The van der Waals surface area contributed by atoms with Crippen LogP contribution in [0.3, 0.4) is 0 Å². The maximum absolute atomic E-state index is 5.83. The molecule has 0 unspecified atom stereocenters. The Morgan fingerprint density at radius 2 is 1.65 bits per heavy atom. The minimum absolute atomic E-state index is 0.839. The summed E-state index contributed by atoms with van der Waals surface area (Å²) in [5, 5.41) is 0. The van der Waals surface area contributed by atoms with Crippen molar-refractivity contribution in [3.05, 3.63) is 53.6 Å². The molecule has 0 aliphatic heterocycles. The van der Waals surface area contributed by atoms with Gasteiger partial charge in [-0.2, -0.15) is 0 Å². The van der Waals surface area contributed by atoms with Crippen molar-refractivity contribution >= 4 is 17.1 Å². The molecule has 2 rings (SSSR count). The SMILES string of the molecule is Cc1cccc(N(C)c2ccc(N)c(C)c2)c1. The molecule has 0 saturated carbocycles. The quantitative estimate of drug-likeness (QED) is 0.792. The van der Waals surface area contributed by atoms with E-state index in [1.807, 2.05) is 19.1 Å². The van der Waals surface area contributed by atoms with Gasteiger partial charge in [0.2, 0.25) is 0 Å². The molecule has 2 aromatic carbocycles. The van der Waals surface area contributed by atoms with Gasteiger partial charge in [0.05, 0.1) is 0 Å². The van der Waals surface area contributed by atoms with Crippen LogP contribution in [-0.4, -0.2) is 7.05 Å². The number of nitrogens with zero attached hydrogens (tertiary/aromatic N) is 1. The van der Waals surface area contributed by atoms with E-state index in [4.69, 9.17) is 5.73 Å². The largest absolute Gasteiger partial charge is 0.399 e. The van der Waals surface area contributed by atoms with Crippen LogP contribution in [0.4, 0.5) is 17.1 Å². The molecule has 0 aliphatic carbocycles. The van der Waals surface area contributed by atoms with Crippen molar-refractivity contribution in [1.29, 1.82) is 0 Å². The average Bonchev–Trinajstić information content (AvgIpc) is 2.32. The summed E-state index contributed by atoms with van der Waals surface area (Å²) in [6.45, 7) is 4.13. The van der Waals surface area contributed by atoms with Gasteiger partial charge in [-0.15, -0.1) is 0 Å². The lowest BCUT2D eigenvalue weighted by molar-refractivity contribution is 1.20. The zero-order valence-electron chi connectivity index (χ0n) is 10.6. The highest BCUT2D eigenvalue weighted by Gasteiger charge is 2.05. The highest BCUT2D eigenvalue weighted by atomic mass is 15.1. The molecule has 0 saturated heterocycles. The topological polar surface area (TPSA) is 29.3 Å². The first-order chi connectivity index (χ1) is 8.08.